The van der Waals surface area contributed by atoms with Crippen molar-refractivity contribution in [2.45, 2.75) is 39.8 Å². The Balaban J connectivity index is 2.72. The smallest absolute Gasteiger partial charge is 0.231 e. The summed E-state index contributed by atoms with van der Waals surface area (Å²) in [5, 5.41) is 1.47. The number of hydrogen-bond acceptors (Lipinski definition) is 5. The van der Waals surface area contributed by atoms with E-state index in [0.717, 1.165) is 18.6 Å². The molecular weight excluding hydrogens is 192 g/mol. The number of allylic oxidation sites excluding steroid dienone is 1. The summed E-state index contributed by atoms with van der Waals surface area (Å²) in [6.45, 7) is 6.51. The van der Waals surface area contributed by atoms with Crippen LogP contribution in [0.15, 0.2) is 16.6 Å². The Kier molecular flexibility index (Phi) is 3.96. The quantitative estimate of drug-likeness (QED) is 0.537. The highest BCUT2D eigenvalue weighted by Crippen LogP contribution is 2.17. The van der Waals surface area contributed by atoms with Crippen LogP contribution in [-0.2, 0) is 4.74 Å². The number of aliphatic imine (C=N–C) groups is 1. The van der Waals surface area contributed by atoms with Crippen LogP contribution in [0.4, 0.5) is 0 Å². The Morgan fingerprint density at radius 2 is 2.20 bits per heavy atom. The molecule has 0 bridgehead atoms. The second-order valence-corrected chi connectivity index (χ2v) is 3.67. The van der Waals surface area contributed by atoms with E-state index in [4.69, 9.17) is 16.3 Å². The van der Waals surface area contributed by atoms with E-state index in [9.17, 15) is 0 Å². The summed E-state index contributed by atoms with van der Waals surface area (Å²) >= 11 is 0. The first-order chi connectivity index (χ1) is 7.07. The maximum absolute atomic E-state index is 5.86. The molecule has 0 fully saturated rings. The third kappa shape index (κ3) is 2.62. The molecule has 15 heavy (non-hydrogen) atoms. The molecule has 0 saturated carbocycles. The molecule has 1 atom stereocenters. The number of ether oxygens (including phenoxy) is 1. The highest BCUT2D eigenvalue weighted by atomic mass is 16.5. The fraction of sp³-hybridized carbons (Fsp3) is 0.700. The lowest BCUT2D eigenvalue weighted by atomic mass is 10.2. The normalized spacial score (nSPS) is 21.7. The van der Waals surface area contributed by atoms with Crippen LogP contribution in [0.1, 0.15) is 33.6 Å². The first-order valence-corrected chi connectivity index (χ1v) is 5.29. The molecule has 0 spiro atoms. The van der Waals surface area contributed by atoms with Gasteiger partial charge in [0.2, 0.25) is 5.88 Å². The summed E-state index contributed by atoms with van der Waals surface area (Å²) in [5.74, 6) is 6.37. The van der Waals surface area contributed by atoms with E-state index in [0.29, 0.717) is 18.2 Å². The molecule has 1 aliphatic heterocycles. The van der Waals surface area contributed by atoms with E-state index in [1.54, 1.807) is 0 Å². The third-order valence-electron chi connectivity index (χ3n) is 2.37. The van der Waals surface area contributed by atoms with Gasteiger partial charge in [0.25, 0.3) is 0 Å². The maximum Gasteiger partial charge on any atom is 0.231 e. The van der Waals surface area contributed by atoms with Gasteiger partial charge in [0.15, 0.2) is 0 Å². The molecule has 1 unspecified atom stereocenters. The van der Waals surface area contributed by atoms with Gasteiger partial charge in [-0.25, -0.2) is 5.84 Å². The van der Waals surface area contributed by atoms with Crippen molar-refractivity contribution >= 4 is 5.71 Å². The van der Waals surface area contributed by atoms with Crippen molar-refractivity contribution in [1.29, 1.82) is 0 Å². The second kappa shape index (κ2) is 5.02. The highest BCUT2D eigenvalue weighted by Gasteiger charge is 2.23. The lowest BCUT2D eigenvalue weighted by Gasteiger charge is -2.30. The minimum atomic E-state index is -0.117. The largest absolute Gasteiger partial charge is 0.477 e. The molecular formula is C10H20N4O. The van der Waals surface area contributed by atoms with Gasteiger partial charge in [0.1, 0.15) is 11.9 Å². The minimum Gasteiger partial charge on any atom is -0.477 e. The van der Waals surface area contributed by atoms with Gasteiger partial charge < -0.3 is 10.5 Å². The number of rotatable bonds is 4. The van der Waals surface area contributed by atoms with E-state index in [1.807, 2.05) is 13.8 Å². The van der Waals surface area contributed by atoms with Gasteiger partial charge in [-0.1, -0.05) is 13.3 Å². The lowest BCUT2D eigenvalue weighted by Crippen LogP contribution is -2.44. The number of hydrazine groups is 1. The third-order valence-corrected chi connectivity index (χ3v) is 2.37. The first-order valence-electron chi connectivity index (χ1n) is 5.29. The van der Waals surface area contributed by atoms with Crippen molar-refractivity contribution < 1.29 is 4.74 Å². The van der Waals surface area contributed by atoms with Gasteiger partial charge in [0.05, 0.1) is 12.3 Å². The first kappa shape index (κ1) is 11.8. The van der Waals surface area contributed by atoms with E-state index < -0.39 is 0 Å². The Hall–Kier alpha value is -1.23. The lowest BCUT2D eigenvalue weighted by molar-refractivity contribution is 0.0840. The topological polar surface area (TPSA) is 76.9 Å². The zero-order valence-electron chi connectivity index (χ0n) is 9.66. The van der Waals surface area contributed by atoms with Gasteiger partial charge in [-0.2, -0.15) is 0 Å². The van der Waals surface area contributed by atoms with Crippen molar-refractivity contribution in [2.24, 2.45) is 16.6 Å². The molecule has 5 heteroatoms. The number of unbranched alkanes of at least 4 members (excludes halogenated alkanes) is 1. The molecule has 1 heterocycles. The fourth-order valence-electron chi connectivity index (χ4n) is 1.34. The maximum atomic E-state index is 5.86. The molecule has 0 aromatic heterocycles. The average Bonchev–Trinajstić information content (AvgIpc) is 2.20. The van der Waals surface area contributed by atoms with Gasteiger partial charge >= 0.3 is 0 Å². The van der Waals surface area contributed by atoms with E-state index in [-0.39, 0.29) is 6.17 Å². The van der Waals surface area contributed by atoms with Crippen LogP contribution in [0.25, 0.3) is 0 Å². The van der Waals surface area contributed by atoms with Crippen LogP contribution in [0, 0.1) is 0 Å². The molecule has 1 rings (SSSR count). The van der Waals surface area contributed by atoms with Crippen molar-refractivity contribution in [1.82, 2.24) is 5.01 Å². The summed E-state index contributed by atoms with van der Waals surface area (Å²) in [7, 11) is 0. The number of nitrogens with zero attached hydrogens (tertiary/aromatic N) is 2. The summed E-state index contributed by atoms with van der Waals surface area (Å²) in [4.78, 5) is 4.28. The molecule has 0 aromatic carbocycles. The van der Waals surface area contributed by atoms with E-state index >= 15 is 0 Å². The standard InChI is InChI=1S/C10H20N4O/c1-4-5-6-15-10-9(11)7(2)13-8(3)14(10)12/h8H,4-6,11-12H2,1-3H3. The highest BCUT2D eigenvalue weighted by molar-refractivity contribution is 5.98. The molecule has 86 valence electrons. The zero-order chi connectivity index (χ0) is 11.4. The van der Waals surface area contributed by atoms with E-state index in [2.05, 4.69) is 11.9 Å². The number of nitrogens with two attached hydrogens (primary N) is 2. The monoisotopic (exact) mass is 212 g/mol. The summed E-state index contributed by atoms with van der Waals surface area (Å²) in [6, 6.07) is 0. The van der Waals surface area contributed by atoms with Crippen LogP contribution in [0.5, 0.6) is 0 Å². The zero-order valence-corrected chi connectivity index (χ0v) is 9.66. The molecule has 0 radical (unpaired) electrons. The van der Waals surface area contributed by atoms with Crippen LogP contribution < -0.4 is 11.6 Å². The molecule has 5 nitrogen and oxygen atoms in total. The van der Waals surface area contributed by atoms with Crippen molar-refractivity contribution in [3.8, 4) is 0 Å². The van der Waals surface area contributed by atoms with Gasteiger partial charge in [0, 0.05) is 0 Å². The molecule has 0 aromatic rings. The summed E-state index contributed by atoms with van der Waals surface area (Å²) < 4.78 is 5.56. The molecule has 4 N–H and O–H groups in total. The molecule has 1 aliphatic rings. The Morgan fingerprint density at radius 3 is 2.80 bits per heavy atom. The number of hydrogen-bond donors (Lipinski definition) is 2. The van der Waals surface area contributed by atoms with Crippen LogP contribution >= 0.6 is 0 Å². The Bertz CT molecular complexity index is 285. The van der Waals surface area contributed by atoms with E-state index in [1.165, 1.54) is 5.01 Å². The fourth-order valence-corrected chi connectivity index (χ4v) is 1.34. The van der Waals surface area contributed by atoms with Crippen molar-refractivity contribution in [3.63, 3.8) is 0 Å². The summed E-state index contributed by atoms with van der Waals surface area (Å²) in [6.07, 6.45) is 1.96. The molecule has 0 amide bonds. The van der Waals surface area contributed by atoms with Crippen molar-refractivity contribution in [3.05, 3.63) is 11.6 Å². The van der Waals surface area contributed by atoms with Crippen LogP contribution in [0.2, 0.25) is 0 Å². The molecule has 0 saturated heterocycles. The van der Waals surface area contributed by atoms with Crippen molar-refractivity contribution in [2.75, 3.05) is 6.61 Å². The molecule has 0 aliphatic carbocycles. The van der Waals surface area contributed by atoms with Gasteiger partial charge in [-0.3, -0.25) is 10.0 Å². The predicted molar refractivity (Wildman–Crippen MR) is 60.7 cm³/mol. The minimum absolute atomic E-state index is 0.117. The van der Waals surface area contributed by atoms with Gasteiger partial charge in [-0.15, -0.1) is 0 Å². The Morgan fingerprint density at radius 1 is 1.53 bits per heavy atom. The Labute approximate surface area is 90.7 Å². The average molecular weight is 212 g/mol. The van der Waals surface area contributed by atoms with Crippen LogP contribution in [0.3, 0.4) is 0 Å². The van der Waals surface area contributed by atoms with Gasteiger partial charge in [-0.05, 0) is 20.3 Å². The van der Waals surface area contributed by atoms with Crippen LogP contribution in [-0.4, -0.2) is 23.5 Å². The SMILES string of the molecule is CCCCOC1=C(N)C(C)=NC(C)N1N. The predicted octanol–water partition coefficient (Wildman–Crippen LogP) is 0.927. The summed E-state index contributed by atoms with van der Waals surface area (Å²) in [5.41, 5.74) is 7.18. The second-order valence-electron chi connectivity index (χ2n) is 3.67.